The van der Waals surface area contributed by atoms with Crippen LogP contribution < -0.4 is 15.2 Å². The van der Waals surface area contributed by atoms with Gasteiger partial charge in [-0.15, -0.1) is 0 Å². The highest BCUT2D eigenvalue weighted by Gasteiger charge is 2.32. The predicted molar refractivity (Wildman–Crippen MR) is 78.3 cm³/mol. The summed E-state index contributed by atoms with van der Waals surface area (Å²) in [6.07, 6.45) is 2.56. The molecule has 0 aliphatic carbocycles. The van der Waals surface area contributed by atoms with Crippen LogP contribution in [0.5, 0.6) is 17.4 Å². The summed E-state index contributed by atoms with van der Waals surface area (Å²) in [6.45, 7) is 5.15. The Morgan fingerprint density at radius 3 is 2.85 bits per heavy atom. The Bertz CT molecular complexity index is 621. The average Bonchev–Trinajstić information content (AvgIpc) is 2.41. The number of hydrogen-bond acceptors (Lipinski definition) is 4. The highest BCUT2D eigenvalue weighted by Crippen LogP contribution is 2.44. The second kappa shape index (κ2) is 4.71. The van der Waals surface area contributed by atoms with Gasteiger partial charge in [0.15, 0.2) is 0 Å². The standard InChI is InChI=1S/C16H18N2O2/c1-16(2)8-9-19-12-4-3-5-13(15(12)16)20-14-7-6-11(17)10-18-14/h3-7,10H,8-9,17H2,1-2H3. The van der Waals surface area contributed by atoms with Crippen molar-refractivity contribution in [2.75, 3.05) is 12.3 Å². The summed E-state index contributed by atoms with van der Waals surface area (Å²) in [4.78, 5) is 4.18. The van der Waals surface area contributed by atoms with Crippen LogP contribution in [0.25, 0.3) is 0 Å². The molecule has 0 saturated carbocycles. The zero-order chi connectivity index (χ0) is 14.2. The molecule has 1 aromatic heterocycles. The van der Waals surface area contributed by atoms with Gasteiger partial charge >= 0.3 is 0 Å². The van der Waals surface area contributed by atoms with E-state index in [1.807, 2.05) is 18.2 Å². The topological polar surface area (TPSA) is 57.4 Å². The predicted octanol–water partition coefficient (Wildman–Crippen LogP) is 3.52. The van der Waals surface area contributed by atoms with E-state index >= 15 is 0 Å². The van der Waals surface area contributed by atoms with Crippen molar-refractivity contribution in [2.45, 2.75) is 25.7 Å². The average molecular weight is 270 g/mol. The fourth-order valence-electron chi connectivity index (χ4n) is 2.49. The molecule has 0 bridgehead atoms. The third-order valence-electron chi connectivity index (χ3n) is 3.62. The van der Waals surface area contributed by atoms with Gasteiger partial charge in [0.1, 0.15) is 11.5 Å². The first-order chi connectivity index (χ1) is 9.56. The number of nitrogen functional groups attached to an aromatic ring is 1. The van der Waals surface area contributed by atoms with Crippen LogP contribution in [0, 0.1) is 0 Å². The molecule has 0 radical (unpaired) electrons. The number of aromatic nitrogens is 1. The molecule has 4 heteroatoms. The molecule has 0 saturated heterocycles. The number of nitrogens with two attached hydrogens (primary N) is 1. The molecular formula is C16H18N2O2. The van der Waals surface area contributed by atoms with Gasteiger partial charge in [-0.2, -0.15) is 0 Å². The molecule has 0 amide bonds. The summed E-state index contributed by atoms with van der Waals surface area (Å²) < 4.78 is 11.7. The summed E-state index contributed by atoms with van der Waals surface area (Å²) in [6, 6.07) is 9.42. The molecule has 20 heavy (non-hydrogen) atoms. The van der Waals surface area contributed by atoms with Crippen LogP contribution in [0.2, 0.25) is 0 Å². The van der Waals surface area contributed by atoms with E-state index in [1.165, 1.54) is 0 Å². The first-order valence-corrected chi connectivity index (χ1v) is 6.72. The Kier molecular flexibility index (Phi) is 3.01. The number of nitrogens with zero attached hydrogens (tertiary/aromatic N) is 1. The van der Waals surface area contributed by atoms with Crippen molar-refractivity contribution in [1.82, 2.24) is 4.98 Å². The smallest absolute Gasteiger partial charge is 0.219 e. The van der Waals surface area contributed by atoms with E-state index in [0.717, 1.165) is 30.1 Å². The van der Waals surface area contributed by atoms with Gasteiger partial charge < -0.3 is 15.2 Å². The van der Waals surface area contributed by atoms with Crippen molar-refractivity contribution in [2.24, 2.45) is 0 Å². The third-order valence-corrected chi connectivity index (χ3v) is 3.62. The number of ether oxygens (including phenoxy) is 2. The largest absolute Gasteiger partial charge is 0.493 e. The second-order valence-electron chi connectivity index (χ2n) is 5.64. The molecule has 0 spiro atoms. The van der Waals surface area contributed by atoms with Crippen LogP contribution in [-0.2, 0) is 5.41 Å². The minimum Gasteiger partial charge on any atom is -0.493 e. The maximum Gasteiger partial charge on any atom is 0.219 e. The van der Waals surface area contributed by atoms with E-state index in [4.69, 9.17) is 15.2 Å². The molecule has 1 aromatic carbocycles. The van der Waals surface area contributed by atoms with Crippen molar-refractivity contribution in [3.63, 3.8) is 0 Å². The lowest BCUT2D eigenvalue weighted by Crippen LogP contribution is -2.27. The maximum atomic E-state index is 5.92. The van der Waals surface area contributed by atoms with Crippen LogP contribution in [0.3, 0.4) is 0 Å². The lowest BCUT2D eigenvalue weighted by Gasteiger charge is -2.33. The Balaban J connectivity index is 2.00. The van der Waals surface area contributed by atoms with Crippen molar-refractivity contribution < 1.29 is 9.47 Å². The molecule has 1 aliphatic heterocycles. The third kappa shape index (κ3) is 2.29. The summed E-state index contributed by atoms with van der Waals surface area (Å²) in [7, 11) is 0. The number of hydrogen-bond donors (Lipinski definition) is 1. The monoisotopic (exact) mass is 270 g/mol. The van der Waals surface area contributed by atoms with E-state index in [2.05, 4.69) is 18.8 Å². The Labute approximate surface area is 118 Å². The maximum absolute atomic E-state index is 5.92. The number of pyridine rings is 1. The van der Waals surface area contributed by atoms with E-state index in [-0.39, 0.29) is 5.41 Å². The summed E-state index contributed by atoms with van der Waals surface area (Å²) in [5.41, 5.74) is 7.38. The van der Waals surface area contributed by atoms with Gasteiger partial charge in [-0.05, 0) is 24.6 Å². The number of fused-ring (bicyclic) bond motifs is 1. The minimum atomic E-state index is 0.0258. The normalized spacial score (nSPS) is 16.1. The molecule has 0 atom stereocenters. The number of benzene rings is 1. The Morgan fingerprint density at radius 2 is 2.10 bits per heavy atom. The van der Waals surface area contributed by atoms with Crippen molar-refractivity contribution in [3.05, 3.63) is 42.1 Å². The van der Waals surface area contributed by atoms with Gasteiger partial charge in [0.2, 0.25) is 5.88 Å². The van der Waals surface area contributed by atoms with Gasteiger partial charge in [-0.1, -0.05) is 19.9 Å². The van der Waals surface area contributed by atoms with Crippen LogP contribution in [0.1, 0.15) is 25.8 Å². The molecule has 104 valence electrons. The molecule has 2 N–H and O–H groups in total. The van der Waals surface area contributed by atoms with Gasteiger partial charge in [-0.3, -0.25) is 0 Å². The fraction of sp³-hybridized carbons (Fsp3) is 0.312. The molecule has 2 aromatic rings. The fourth-order valence-corrected chi connectivity index (χ4v) is 2.49. The molecular weight excluding hydrogens is 252 g/mol. The van der Waals surface area contributed by atoms with Crippen LogP contribution in [-0.4, -0.2) is 11.6 Å². The Morgan fingerprint density at radius 1 is 1.25 bits per heavy atom. The van der Waals surface area contributed by atoms with Gasteiger partial charge in [0.25, 0.3) is 0 Å². The van der Waals surface area contributed by atoms with E-state index in [0.29, 0.717) is 11.6 Å². The summed E-state index contributed by atoms with van der Waals surface area (Å²) in [5, 5.41) is 0. The van der Waals surface area contributed by atoms with Crippen molar-refractivity contribution in [1.29, 1.82) is 0 Å². The summed E-state index contributed by atoms with van der Waals surface area (Å²) in [5.74, 6) is 2.23. The van der Waals surface area contributed by atoms with Crippen LogP contribution >= 0.6 is 0 Å². The quantitative estimate of drug-likeness (QED) is 0.907. The van der Waals surface area contributed by atoms with E-state index < -0.39 is 0 Å². The second-order valence-corrected chi connectivity index (χ2v) is 5.64. The van der Waals surface area contributed by atoms with E-state index in [1.54, 1.807) is 18.3 Å². The lowest BCUT2D eigenvalue weighted by atomic mass is 9.79. The van der Waals surface area contributed by atoms with Crippen molar-refractivity contribution in [3.8, 4) is 17.4 Å². The molecule has 4 nitrogen and oxygen atoms in total. The first-order valence-electron chi connectivity index (χ1n) is 6.72. The molecule has 2 heterocycles. The molecule has 0 unspecified atom stereocenters. The van der Waals surface area contributed by atoms with Gasteiger partial charge in [0, 0.05) is 17.0 Å². The highest BCUT2D eigenvalue weighted by molar-refractivity contribution is 5.51. The van der Waals surface area contributed by atoms with Crippen LogP contribution in [0.15, 0.2) is 36.5 Å². The zero-order valence-corrected chi connectivity index (χ0v) is 11.7. The molecule has 1 aliphatic rings. The Hall–Kier alpha value is -2.23. The SMILES string of the molecule is CC1(C)CCOc2cccc(Oc3ccc(N)cn3)c21. The first kappa shape index (κ1) is 12.8. The lowest BCUT2D eigenvalue weighted by molar-refractivity contribution is 0.229. The van der Waals surface area contributed by atoms with Gasteiger partial charge in [-0.25, -0.2) is 4.98 Å². The highest BCUT2D eigenvalue weighted by atomic mass is 16.5. The van der Waals surface area contributed by atoms with Crippen LogP contribution in [0.4, 0.5) is 5.69 Å². The molecule has 3 rings (SSSR count). The van der Waals surface area contributed by atoms with E-state index in [9.17, 15) is 0 Å². The van der Waals surface area contributed by atoms with Crippen molar-refractivity contribution >= 4 is 5.69 Å². The number of anilines is 1. The summed E-state index contributed by atoms with van der Waals surface area (Å²) >= 11 is 0. The van der Waals surface area contributed by atoms with Gasteiger partial charge in [0.05, 0.1) is 18.5 Å². The number of rotatable bonds is 2. The minimum absolute atomic E-state index is 0.0258. The molecule has 0 fully saturated rings. The zero-order valence-electron chi connectivity index (χ0n) is 11.7.